The van der Waals surface area contributed by atoms with Crippen LogP contribution in [-0.4, -0.2) is 12.8 Å². The number of nitrogens with two attached hydrogens (primary N) is 1. The Morgan fingerprint density at radius 1 is 1.07 bits per heavy atom. The summed E-state index contributed by atoms with van der Waals surface area (Å²) in [6.45, 7) is 9.26. The van der Waals surface area contributed by atoms with Crippen LogP contribution in [0.2, 0.25) is 0 Å². The lowest BCUT2D eigenvalue weighted by atomic mass is 10.1. The Morgan fingerprint density at radius 2 is 1.64 bits per heavy atom. The van der Waals surface area contributed by atoms with Crippen molar-refractivity contribution in [2.75, 3.05) is 6.61 Å². The molecule has 0 aliphatic rings. The Kier molecular flexibility index (Phi) is 7.81. The molecular weight excluding hydrogens is 174 g/mol. The molecule has 2 atom stereocenters. The summed E-state index contributed by atoms with van der Waals surface area (Å²) in [5.41, 5.74) is 5.50. The van der Waals surface area contributed by atoms with Crippen LogP contribution in [0.3, 0.4) is 0 Å². The van der Waals surface area contributed by atoms with Crippen LogP contribution in [0.5, 0.6) is 0 Å². The summed E-state index contributed by atoms with van der Waals surface area (Å²) in [7, 11) is 0. The van der Waals surface area contributed by atoms with Gasteiger partial charge in [-0.3, -0.25) is 0 Å². The van der Waals surface area contributed by atoms with Crippen molar-refractivity contribution >= 4 is 0 Å². The largest absolute Gasteiger partial charge is 0.364 e. The molecule has 0 fully saturated rings. The standard InChI is InChI=1S/C12H25NO/c1-10(2)7-5-6-8-11(3)9-14-12(4)13/h5-6,10-12H,7-9,13H2,1-4H3. The molecule has 0 heterocycles. The monoisotopic (exact) mass is 199 g/mol. The predicted molar refractivity (Wildman–Crippen MR) is 62.0 cm³/mol. The Bertz CT molecular complexity index is 152. The fourth-order valence-corrected chi connectivity index (χ4v) is 1.08. The summed E-state index contributed by atoms with van der Waals surface area (Å²) in [6, 6.07) is 0. The summed E-state index contributed by atoms with van der Waals surface area (Å²) in [4.78, 5) is 0. The third-order valence-corrected chi connectivity index (χ3v) is 1.96. The minimum absolute atomic E-state index is 0.142. The molecule has 0 rings (SSSR count). The van der Waals surface area contributed by atoms with Gasteiger partial charge in [0, 0.05) is 0 Å². The molecule has 2 N–H and O–H groups in total. The molecule has 0 aliphatic heterocycles. The lowest BCUT2D eigenvalue weighted by molar-refractivity contribution is 0.0486. The predicted octanol–water partition coefficient (Wildman–Crippen LogP) is 2.94. The number of ether oxygens (including phenoxy) is 1. The van der Waals surface area contributed by atoms with Gasteiger partial charge < -0.3 is 10.5 Å². The highest BCUT2D eigenvalue weighted by molar-refractivity contribution is 4.83. The first kappa shape index (κ1) is 13.7. The third kappa shape index (κ3) is 9.75. The summed E-state index contributed by atoms with van der Waals surface area (Å²) >= 11 is 0. The van der Waals surface area contributed by atoms with E-state index in [0.717, 1.165) is 18.9 Å². The van der Waals surface area contributed by atoms with Crippen molar-refractivity contribution in [2.24, 2.45) is 17.6 Å². The van der Waals surface area contributed by atoms with Gasteiger partial charge >= 0.3 is 0 Å². The zero-order valence-electron chi connectivity index (χ0n) is 9.99. The average Bonchev–Trinajstić information content (AvgIpc) is 2.08. The molecule has 14 heavy (non-hydrogen) atoms. The number of allylic oxidation sites excluding steroid dienone is 2. The lowest BCUT2D eigenvalue weighted by Gasteiger charge is -2.12. The normalized spacial score (nSPS) is 16.4. The molecule has 84 valence electrons. The Morgan fingerprint density at radius 3 is 2.14 bits per heavy atom. The fourth-order valence-electron chi connectivity index (χ4n) is 1.08. The van der Waals surface area contributed by atoms with Gasteiger partial charge in [-0.25, -0.2) is 0 Å². The second-order valence-electron chi connectivity index (χ2n) is 4.48. The van der Waals surface area contributed by atoms with E-state index in [1.807, 2.05) is 6.92 Å². The van der Waals surface area contributed by atoms with Gasteiger partial charge in [0.1, 0.15) is 6.23 Å². The van der Waals surface area contributed by atoms with Crippen molar-refractivity contribution in [1.82, 2.24) is 0 Å². The molecular formula is C12H25NO. The van der Waals surface area contributed by atoms with Crippen LogP contribution in [-0.2, 0) is 4.74 Å². The van der Waals surface area contributed by atoms with Gasteiger partial charge in [-0.15, -0.1) is 0 Å². The van der Waals surface area contributed by atoms with Crippen LogP contribution in [0, 0.1) is 11.8 Å². The van der Waals surface area contributed by atoms with Crippen molar-refractivity contribution in [2.45, 2.75) is 46.8 Å². The highest BCUT2D eigenvalue weighted by Gasteiger charge is 2.01. The number of hydrogen-bond donors (Lipinski definition) is 1. The van der Waals surface area contributed by atoms with E-state index in [2.05, 4.69) is 32.9 Å². The van der Waals surface area contributed by atoms with Gasteiger partial charge in [-0.05, 0) is 31.6 Å². The van der Waals surface area contributed by atoms with Crippen LogP contribution in [0.25, 0.3) is 0 Å². The smallest absolute Gasteiger partial charge is 0.102 e. The maximum Gasteiger partial charge on any atom is 0.102 e. The Labute approximate surface area is 88.5 Å². The van der Waals surface area contributed by atoms with Gasteiger partial charge in [-0.1, -0.05) is 32.9 Å². The van der Waals surface area contributed by atoms with E-state index >= 15 is 0 Å². The summed E-state index contributed by atoms with van der Waals surface area (Å²) in [6.07, 6.45) is 6.61. The quantitative estimate of drug-likeness (QED) is 0.505. The number of rotatable bonds is 7. The molecule has 2 nitrogen and oxygen atoms in total. The molecule has 0 aromatic heterocycles. The van der Waals surface area contributed by atoms with Gasteiger partial charge in [0.05, 0.1) is 6.61 Å². The zero-order chi connectivity index (χ0) is 11.0. The molecule has 0 aromatic rings. The highest BCUT2D eigenvalue weighted by atomic mass is 16.5. The fraction of sp³-hybridized carbons (Fsp3) is 0.833. The summed E-state index contributed by atoms with van der Waals surface area (Å²) < 4.78 is 5.33. The van der Waals surface area contributed by atoms with Gasteiger partial charge in [0.25, 0.3) is 0 Å². The molecule has 0 amide bonds. The van der Waals surface area contributed by atoms with Gasteiger partial charge in [-0.2, -0.15) is 0 Å². The lowest BCUT2D eigenvalue weighted by Crippen LogP contribution is -2.22. The molecule has 2 unspecified atom stereocenters. The maximum atomic E-state index is 5.50. The van der Waals surface area contributed by atoms with Gasteiger partial charge in [0.2, 0.25) is 0 Å². The molecule has 0 saturated heterocycles. The topological polar surface area (TPSA) is 35.2 Å². The molecule has 0 aliphatic carbocycles. The Balaban J connectivity index is 3.43. The van der Waals surface area contributed by atoms with E-state index in [9.17, 15) is 0 Å². The van der Waals surface area contributed by atoms with Crippen molar-refractivity contribution in [1.29, 1.82) is 0 Å². The minimum Gasteiger partial charge on any atom is -0.364 e. The Hall–Kier alpha value is -0.340. The zero-order valence-corrected chi connectivity index (χ0v) is 9.99. The maximum absolute atomic E-state index is 5.50. The minimum atomic E-state index is -0.142. The van der Waals surface area contributed by atoms with Crippen LogP contribution >= 0.6 is 0 Å². The van der Waals surface area contributed by atoms with E-state index in [4.69, 9.17) is 10.5 Å². The molecule has 0 radical (unpaired) electrons. The molecule has 0 aromatic carbocycles. The van der Waals surface area contributed by atoms with Crippen molar-refractivity contribution in [3.05, 3.63) is 12.2 Å². The highest BCUT2D eigenvalue weighted by Crippen LogP contribution is 2.06. The first-order chi connectivity index (χ1) is 6.52. The van der Waals surface area contributed by atoms with E-state index in [1.165, 1.54) is 6.42 Å². The first-order valence-corrected chi connectivity index (χ1v) is 5.54. The average molecular weight is 199 g/mol. The van der Waals surface area contributed by atoms with Crippen LogP contribution in [0.15, 0.2) is 12.2 Å². The van der Waals surface area contributed by atoms with Crippen LogP contribution in [0.1, 0.15) is 40.5 Å². The molecule has 0 saturated carbocycles. The SMILES string of the molecule is CC(C)CC=CCC(C)COC(C)N. The summed E-state index contributed by atoms with van der Waals surface area (Å²) in [5, 5.41) is 0. The van der Waals surface area contributed by atoms with Crippen LogP contribution < -0.4 is 5.73 Å². The first-order valence-electron chi connectivity index (χ1n) is 5.54. The van der Waals surface area contributed by atoms with E-state index in [1.54, 1.807) is 0 Å². The van der Waals surface area contributed by atoms with Gasteiger partial charge in [0.15, 0.2) is 0 Å². The third-order valence-electron chi connectivity index (χ3n) is 1.96. The van der Waals surface area contributed by atoms with E-state index in [-0.39, 0.29) is 6.23 Å². The second kappa shape index (κ2) is 8.01. The molecule has 0 bridgehead atoms. The van der Waals surface area contributed by atoms with E-state index < -0.39 is 0 Å². The molecule has 0 spiro atoms. The number of hydrogen-bond acceptors (Lipinski definition) is 2. The van der Waals surface area contributed by atoms with E-state index in [0.29, 0.717) is 5.92 Å². The van der Waals surface area contributed by atoms with Crippen molar-refractivity contribution in [3.8, 4) is 0 Å². The molecule has 2 heteroatoms. The van der Waals surface area contributed by atoms with Crippen molar-refractivity contribution in [3.63, 3.8) is 0 Å². The second-order valence-corrected chi connectivity index (χ2v) is 4.48. The van der Waals surface area contributed by atoms with Crippen molar-refractivity contribution < 1.29 is 4.74 Å². The van der Waals surface area contributed by atoms with Crippen LogP contribution in [0.4, 0.5) is 0 Å². The summed E-state index contributed by atoms with van der Waals surface area (Å²) in [5.74, 6) is 1.31.